The molecule has 5 rings (SSSR count). The quantitative estimate of drug-likeness (QED) is 0.563. The van der Waals surface area contributed by atoms with Crippen molar-refractivity contribution in [3.63, 3.8) is 0 Å². The highest BCUT2D eigenvalue weighted by Crippen LogP contribution is 2.31. The Kier molecular flexibility index (Phi) is 6.58. The van der Waals surface area contributed by atoms with Crippen LogP contribution in [0.25, 0.3) is 0 Å². The molecular weight excluding hydrogens is 431 g/mol. The normalized spacial score (nSPS) is 16.4. The lowest BCUT2D eigenvalue weighted by Gasteiger charge is -2.37. The van der Waals surface area contributed by atoms with E-state index in [-0.39, 0.29) is 11.7 Å². The van der Waals surface area contributed by atoms with E-state index in [1.54, 1.807) is 18.5 Å². The minimum absolute atomic E-state index is 0.0329. The van der Waals surface area contributed by atoms with Gasteiger partial charge in [0.25, 0.3) is 5.91 Å². The van der Waals surface area contributed by atoms with E-state index < -0.39 is 0 Å². The molecule has 1 aliphatic carbocycles. The second-order valence-electron chi connectivity index (χ2n) is 9.08. The van der Waals surface area contributed by atoms with Crippen LogP contribution in [-0.2, 0) is 19.9 Å². The van der Waals surface area contributed by atoms with Crippen molar-refractivity contribution in [2.75, 3.05) is 49.1 Å². The van der Waals surface area contributed by atoms with Gasteiger partial charge in [0.2, 0.25) is 0 Å². The number of hydrogen-bond donors (Lipinski definition) is 0. The number of rotatable bonds is 6. The van der Waals surface area contributed by atoms with E-state index >= 15 is 0 Å². The van der Waals surface area contributed by atoms with Crippen molar-refractivity contribution < 1.29 is 9.18 Å². The maximum atomic E-state index is 13.6. The molecule has 1 aromatic carbocycles. The monoisotopic (exact) mass is 462 g/mol. The Morgan fingerprint density at radius 3 is 2.56 bits per heavy atom. The minimum Gasteiger partial charge on any atom is -0.369 e. The van der Waals surface area contributed by atoms with Crippen LogP contribution in [0.2, 0.25) is 0 Å². The number of carbonyl (C=O) groups is 1. The molecule has 0 atom stereocenters. The van der Waals surface area contributed by atoms with Crippen molar-refractivity contribution in [3.8, 4) is 0 Å². The van der Waals surface area contributed by atoms with Crippen LogP contribution in [0.3, 0.4) is 0 Å². The second kappa shape index (κ2) is 9.93. The zero-order chi connectivity index (χ0) is 23.5. The van der Waals surface area contributed by atoms with E-state index in [0.717, 1.165) is 75.6 Å². The molecule has 3 heterocycles. The number of halogens is 1. The predicted octanol–water partition coefficient (Wildman–Crippen LogP) is 3.30. The highest BCUT2D eigenvalue weighted by atomic mass is 19.1. The van der Waals surface area contributed by atoms with Gasteiger partial charge < -0.3 is 4.90 Å². The van der Waals surface area contributed by atoms with Crippen LogP contribution >= 0.6 is 0 Å². The van der Waals surface area contributed by atoms with E-state index in [1.807, 2.05) is 34.8 Å². The third-order valence-electron chi connectivity index (χ3n) is 6.90. The molecule has 34 heavy (non-hydrogen) atoms. The Hall–Kier alpha value is -3.26. The Morgan fingerprint density at radius 2 is 1.82 bits per heavy atom. The lowest BCUT2D eigenvalue weighted by molar-refractivity contribution is 0.0980. The molecule has 1 fully saturated rings. The number of hydrogen-bond acceptors (Lipinski definition) is 5. The zero-order valence-electron chi connectivity index (χ0n) is 19.7. The maximum absolute atomic E-state index is 13.6. The van der Waals surface area contributed by atoms with Gasteiger partial charge in [0.1, 0.15) is 11.6 Å². The molecule has 0 radical (unpaired) electrons. The predicted molar refractivity (Wildman–Crippen MR) is 131 cm³/mol. The van der Waals surface area contributed by atoms with Crippen LogP contribution in [0, 0.1) is 5.82 Å². The van der Waals surface area contributed by atoms with E-state index in [1.165, 1.54) is 17.7 Å². The van der Waals surface area contributed by atoms with Crippen molar-refractivity contribution in [2.24, 2.45) is 7.05 Å². The molecule has 0 unspecified atom stereocenters. The molecule has 0 spiro atoms. The maximum Gasteiger partial charge on any atom is 0.261 e. The van der Waals surface area contributed by atoms with Crippen molar-refractivity contribution >= 4 is 17.4 Å². The van der Waals surface area contributed by atoms with E-state index in [4.69, 9.17) is 5.10 Å². The van der Waals surface area contributed by atoms with Crippen molar-refractivity contribution in [3.05, 3.63) is 71.4 Å². The summed E-state index contributed by atoms with van der Waals surface area (Å²) < 4.78 is 15.1. The molecule has 2 aliphatic rings. The topological polar surface area (TPSA) is 57.5 Å². The highest BCUT2D eigenvalue weighted by molar-refractivity contribution is 6.05. The number of fused-ring (bicyclic) bond motifs is 1. The molecular formula is C26H31FN6O. The largest absolute Gasteiger partial charge is 0.369 e. The number of pyridine rings is 1. The average molecular weight is 463 g/mol. The molecule has 7 nitrogen and oxygen atoms in total. The van der Waals surface area contributed by atoms with Crippen LogP contribution in [0.4, 0.5) is 15.9 Å². The first-order valence-electron chi connectivity index (χ1n) is 12.1. The molecule has 178 valence electrons. The number of anilines is 2. The van der Waals surface area contributed by atoms with Gasteiger partial charge in [0.05, 0.1) is 11.3 Å². The minimum atomic E-state index is -0.210. The Labute approximate surface area is 199 Å². The summed E-state index contributed by atoms with van der Waals surface area (Å²) in [5.74, 6) is 0.682. The summed E-state index contributed by atoms with van der Waals surface area (Å²) in [6.07, 6.45) is 7.55. The van der Waals surface area contributed by atoms with Gasteiger partial charge in [-0.3, -0.25) is 24.3 Å². The van der Waals surface area contributed by atoms with Gasteiger partial charge in [-0.1, -0.05) is 0 Å². The molecule has 0 bridgehead atoms. The second-order valence-corrected chi connectivity index (χ2v) is 9.08. The number of aromatic nitrogens is 3. The van der Waals surface area contributed by atoms with Crippen LogP contribution in [0.1, 0.15) is 34.5 Å². The summed E-state index contributed by atoms with van der Waals surface area (Å²) >= 11 is 0. The van der Waals surface area contributed by atoms with Crippen molar-refractivity contribution in [2.45, 2.75) is 25.7 Å². The van der Waals surface area contributed by atoms with Gasteiger partial charge >= 0.3 is 0 Å². The molecule has 2 aromatic heterocycles. The van der Waals surface area contributed by atoms with Crippen LogP contribution in [0.15, 0.2) is 48.8 Å². The zero-order valence-corrected chi connectivity index (χ0v) is 19.7. The van der Waals surface area contributed by atoms with E-state index in [0.29, 0.717) is 12.1 Å². The first-order chi connectivity index (χ1) is 16.6. The van der Waals surface area contributed by atoms with Crippen LogP contribution in [-0.4, -0.2) is 64.8 Å². The summed E-state index contributed by atoms with van der Waals surface area (Å²) in [6.45, 7) is 4.93. The van der Waals surface area contributed by atoms with Crippen LogP contribution < -0.4 is 9.80 Å². The molecule has 1 saturated heterocycles. The molecule has 1 aliphatic heterocycles. The summed E-state index contributed by atoms with van der Waals surface area (Å²) in [5.41, 5.74) is 3.98. The van der Waals surface area contributed by atoms with Gasteiger partial charge in [-0.25, -0.2) is 4.39 Å². The van der Waals surface area contributed by atoms with E-state index in [2.05, 4.69) is 14.8 Å². The molecule has 0 N–H and O–H groups in total. The SMILES string of the molecule is Cn1nc2c(c1N(CCN1CCN(c3ccc(F)cc3)CC1)C(=O)c1cccnc1)CCCC2. The number of nitrogens with zero attached hydrogens (tertiary/aromatic N) is 6. The standard InChI is InChI=1S/C26H31FN6O/c1-30-25(23-6-2-3-7-24(23)29-30)33(26(34)20-5-4-12-28-19-20)18-15-31-13-16-32(17-14-31)22-10-8-21(27)9-11-22/h4-5,8-12,19H,2-3,6-7,13-18H2,1H3. The van der Waals surface area contributed by atoms with E-state index in [9.17, 15) is 9.18 Å². The lowest BCUT2D eigenvalue weighted by Crippen LogP contribution is -2.49. The van der Waals surface area contributed by atoms with Gasteiger partial charge in [-0.15, -0.1) is 0 Å². The average Bonchev–Trinajstić information content (AvgIpc) is 3.21. The fourth-order valence-corrected chi connectivity index (χ4v) is 5.07. The van der Waals surface area contributed by atoms with Gasteiger partial charge in [-0.05, 0) is 62.1 Å². The summed E-state index contributed by atoms with van der Waals surface area (Å²) in [5, 5.41) is 4.75. The highest BCUT2D eigenvalue weighted by Gasteiger charge is 2.29. The molecule has 1 amide bonds. The first-order valence-corrected chi connectivity index (χ1v) is 12.1. The number of carbonyl (C=O) groups excluding carboxylic acids is 1. The Morgan fingerprint density at radius 1 is 1.06 bits per heavy atom. The van der Waals surface area contributed by atoms with Gasteiger partial charge in [-0.2, -0.15) is 5.10 Å². The fourth-order valence-electron chi connectivity index (χ4n) is 5.07. The smallest absolute Gasteiger partial charge is 0.261 e. The summed E-state index contributed by atoms with van der Waals surface area (Å²) in [7, 11) is 1.94. The fraction of sp³-hybridized carbons (Fsp3) is 0.423. The number of piperazine rings is 1. The third-order valence-corrected chi connectivity index (χ3v) is 6.90. The number of amides is 1. The molecule has 8 heteroatoms. The lowest BCUT2D eigenvalue weighted by atomic mass is 9.97. The molecule has 3 aromatic rings. The summed E-state index contributed by atoms with van der Waals surface area (Å²) in [4.78, 5) is 24.4. The van der Waals surface area contributed by atoms with Gasteiger partial charge in [0.15, 0.2) is 0 Å². The number of benzene rings is 1. The Bertz CT molecular complexity index is 1120. The Balaban J connectivity index is 1.31. The van der Waals surface area contributed by atoms with Crippen molar-refractivity contribution in [1.29, 1.82) is 0 Å². The van der Waals surface area contributed by atoms with Crippen LogP contribution in [0.5, 0.6) is 0 Å². The summed E-state index contributed by atoms with van der Waals surface area (Å²) in [6, 6.07) is 10.3. The number of aryl methyl sites for hydroxylation is 2. The first kappa shape index (κ1) is 22.5. The van der Waals surface area contributed by atoms with Crippen molar-refractivity contribution in [1.82, 2.24) is 19.7 Å². The molecule has 0 saturated carbocycles. The third kappa shape index (κ3) is 4.68. The van der Waals surface area contributed by atoms with Gasteiger partial charge in [0, 0.05) is 70.0 Å².